The van der Waals surface area contributed by atoms with Crippen molar-refractivity contribution in [2.75, 3.05) is 19.6 Å². The minimum absolute atomic E-state index is 0.705. The van der Waals surface area contributed by atoms with Gasteiger partial charge in [-0.3, -0.25) is 0 Å². The van der Waals surface area contributed by atoms with Gasteiger partial charge in [0.15, 0.2) is 0 Å². The van der Waals surface area contributed by atoms with Gasteiger partial charge in [-0.2, -0.15) is 4.98 Å². The van der Waals surface area contributed by atoms with E-state index in [9.17, 15) is 0 Å². The van der Waals surface area contributed by atoms with Crippen LogP contribution < -0.4 is 0 Å². The zero-order valence-corrected chi connectivity index (χ0v) is 14.9. The van der Waals surface area contributed by atoms with Gasteiger partial charge in [0.25, 0.3) is 0 Å². The van der Waals surface area contributed by atoms with Gasteiger partial charge in [-0.05, 0) is 51.9 Å². The molecule has 1 aliphatic rings. The number of benzene rings is 1. The van der Waals surface area contributed by atoms with E-state index in [-0.39, 0.29) is 0 Å². The zero-order valence-electron chi connectivity index (χ0n) is 14.9. The van der Waals surface area contributed by atoms with Crippen LogP contribution in [0.2, 0.25) is 0 Å². The Morgan fingerprint density at radius 1 is 1.12 bits per heavy atom. The Morgan fingerprint density at radius 2 is 1.96 bits per heavy atom. The summed E-state index contributed by atoms with van der Waals surface area (Å²) in [6.07, 6.45) is 8.13. The Balaban J connectivity index is 1.46. The summed E-state index contributed by atoms with van der Waals surface area (Å²) in [5.41, 5.74) is 2.28. The van der Waals surface area contributed by atoms with Crippen LogP contribution in [0.5, 0.6) is 0 Å². The topological polar surface area (TPSA) is 47.1 Å². The molecule has 0 amide bonds. The number of fused-ring (bicyclic) bond motifs is 1. The highest BCUT2D eigenvalue weighted by Crippen LogP contribution is 2.28. The molecular weight excluding hydrogens is 312 g/mol. The predicted molar refractivity (Wildman–Crippen MR) is 99.5 cm³/mol. The highest BCUT2D eigenvalue weighted by atomic mass is 16.5. The summed E-state index contributed by atoms with van der Waals surface area (Å²) in [4.78, 5) is 7.20. The number of piperidine rings is 1. The number of rotatable bonds is 6. The van der Waals surface area contributed by atoms with Crippen LogP contribution in [0.25, 0.3) is 22.3 Å². The Morgan fingerprint density at radius 3 is 2.80 bits per heavy atom. The third-order valence-corrected chi connectivity index (χ3v) is 5.15. The third kappa shape index (κ3) is 3.47. The van der Waals surface area contributed by atoms with E-state index in [0.29, 0.717) is 5.82 Å². The fraction of sp³-hybridized carbons (Fsp3) is 0.500. The molecular formula is C20H26N4O. The molecule has 1 saturated heterocycles. The van der Waals surface area contributed by atoms with E-state index in [1.807, 2.05) is 0 Å². The van der Waals surface area contributed by atoms with Gasteiger partial charge >= 0.3 is 0 Å². The molecule has 1 fully saturated rings. The van der Waals surface area contributed by atoms with E-state index < -0.39 is 0 Å². The summed E-state index contributed by atoms with van der Waals surface area (Å²) >= 11 is 0. The molecule has 3 heterocycles. The average Bonchev–Trinajstić information content (AvgIpc) is 3.27. The average molecular weight is 338 g/mol. The molecule has 0 aliphatic carbocycles. The molecule has 0 unspecified atom stereocenters. The number of likely N-dealkylation sites (tertiary alicyclic amines) is 1. The number of hydrogen-bond acceptors (Lipinski definition) is 4. The number of hydrogen-bond donors (Lipinski definition) is 0. The SMILES string of the molecule is CCn1cc(-c2noc(CCCN3CCCCC3)n2)c2ccccc21. The molecule has 2 aromatic heterocycles. The Hall–Kier alpha value is -2.14. The van der Waals surface area contributed by atoms with Crippen LogP contribution in [-0.4, -0.2) is 39.2 Å². The predicted octanol–water partition coefficient (Wildman–Crippen LogP) is 4.13. The number of para-hydroxylation sites is 1. The van der Waals surface area contributed by atoms with Crippen LogP contribution in [-0.2, 0) is 13.0 Å². The molecule has 0 spiro atoms. The van der Waals surface area contributed by atoms with Crippen molar-refractivity contribution in [3.8, 4) is 11.4 Å². The van der Waals surface area contributed by atoms with Gasteiger partial charge in [-0.25, -0.2) is 0 Å². The van der Waals surface area contributed by atoms with Crippen molar-refractivity contribution in [2.24, 2.45) is 0 Å². The molecule has 1 aliphatic heterocycles. The standard InChI is InChI=1S/C20H26N4O/c1-2-24-15-17(16-9-4-5-10-18(16)24)20-21-19(25-22-20)11-8-14-23-12-6-3-7-13-23/h4-5,9-10,15H,2-3,6-8,11-14H2,1H3. The van der Waals surface area contributed by atoms with Crippen LogP contribution >= 0.6 is 0 Å². The smallest absolute Gasteiger partial charge is 0.227 e. The molecule has 3 aromatic rings. The van der Waals surface area contributed by atoms with E-state index in [1.54, 1.807) is 0 Å². The molecule has 4 rings (SSSR count). The van der Waals surface area contributed by atoms with Crippen molar-refractivity contribution in [3.63, 3.8) is 0 Å². The summed E-state index contributed by atoms with van der Waals surface area (Å²) in [5.74, 6) is 1.46. The van der Waals surface area contributed by atoms with Crippen molar-refractivity contribution in [2.45, 2.75) is 45.6 Å². The van der Waals surface area contributed by atoms with E-state index in [4.69, 9.17) is 4.52 Å². The molecule has 25 heavy (non-hydrogen) atoms. The summed E-state index contributed by atoms with van der Waals surface area (Å²) in [6.45, 7) is 6.70. The molecule has 0 radical (unpaired) electrons. The van der Waals surface area contributed by atoms with Crippen LogP contribution in [0, 0.1) is 0 Å². The summed E-state index contributed by atoms with van der Waals surface area (Å²) in [5, 5.41) is 5.42. The lowest BCUT2D eigenvalue weighted by molar-refractivity contribution is 0.223. The number of aryl methyl sites for hydroxylation is 2. The Kier molecular flexibility index (Phi) is 4.83. The zero-order chi connectivity index (χ0) is 17.1. The lowest BCUT2D eigenvalue weighted by Gasteiger charge is -2.25. The molecule has 132 valence electrons. The van der Waals surface area contributed by atoms with Crippen molar-refractivity contribution in [1.82, 2.24) is 19.6 Å². The fourth-order valence-electron chi connectivity index (χ4n) is 3.79. The van der Waals surface area contributed by atoms with E-state index in [0.717, 1.165) is 37.4 Å². The first-order valence-electron chi connectivity index (χ1n) is 9.48. The second kappa shape index (κ2) is 7.40. The number of nitrogens with zero attached hydrogens (tertiary/aromatic N) is 4. The molecule has 5 heteroatoms. The van der Waals surface area contributed by atoms with E-state index >= 15 is 0 Å². The Bertz CT molecular complexity index is 829. The van der Waals surface area contributed by atoms with Crippen LogP contribution in [0.15, 0.2) is 35.0 Å². The maximum absolute atomic E-state index is 5.51. The summed E-state index contributed by atoms with van der Waals surface area (Å²) in [6, 6.07) is 8.40. The van der Waals surface area contributed by atoms with Crippen molar-refractivity contribution < 1.29 is 4.52 Å². The second-order valence-corrected chi connectivity index (χ2v) is 6.86. The lowest BCUT2D eigenvalue weighted by Crippen LogP contribution is -2.30. The Labute approximate surface area is 148 Å². The fourth-order valence-corrected chi connectivity index (χ4v) is 3.79. The minimum Gasteiger partial charge on any atom is -0.347 e. The molecule has 0 N–H and O–H groups in total. The monoisotopic (exact) mass is 338 g/mol. The van der Waals surface area contributed by atoms with Crippen molar-refractivity contribution in [1.29, 1.82) is 0 Å². The highest BCUT2D eigenvalue weighted by molar-refractivity contribution is 5.94. The minimum atomic E-state index is 0.705. The normalized spacial score (nSPS) is 15.9. The maximum atomic E-state index is 5.51. The first kappa shape index (κ1) is 16.3. The van der Waals surface area contributed by atoms with Gasteiger partial charge < -0.3 is 14.0 Å². The molecule has 0 atom stereocenters. The first-order chi connectivity index (χ1) is 12.3. The van der Waals surface area contributed by atoms with Crippen LogP contribution in [0.1, 0.15) is 38.5 Å². The quantitative estimate of drug-likeness (QED) is 0.678. The molecule has 5 nitrogen and oxygen atoms in total. The van der Waals surface area contributed by atoms with E-state index in [2.05, 4.69) is 57.0 Å². The van der Waals surface area contributed by atoms with Gasteiger partial charge in [0, 0.05) is 35.6 Å². The maximum Gasteiger partial charge on any atom is 0.227 e. The lowest BCUT2D eigenvalue weighted by atomic mass is 10.1. The number of aromatic nitrogens is 3. The van der Waals surface area contributed by atoms with Gasteiger partial charge in [0.05, 0.1) is 0 Å². The highest BCUT2D eigenvalue weighted by Gasteiger charge is 2.15. The second-order valence-electron chi connectivity index (χ2n) is 6.86. The van der Waals surface area contributed by atoms with Crippen molar-refractivity contribution in [3.05, 3.63) is 36.4 Å². The van der Waals surface area contributed by atoms with Crippen molar-refractivity contribution >= 4 is 10.9 Å². The van der Waals surface area contributed by atoms with Crippen LogP contribution in [0.4, 0.5) is 0 Å². The summed E-state index contributed by atoms with van der Waals surface area (Å²) in [7, 11) is 0. The first-order valence-corrected chi connectivity index (χ1v) is 9.48. The van der Waals surface area contributed by atoms with Gasteiger partial charge in [0.2, 0.25) is 11.7 Å². The van der Waals surface area contributed by atoms with Gasteiger partial charge in [0.1, 0.15) is 0 Å². The van der Waals surface area contributed by atoms with Gasteiger partial charge in [-0.15, -0.1) is 0 Å². The molecule has 0 bridgehead atoms. The summed E-state index contributed by atoms with van der Waals surface area (Å²) < 4.78 is 7.74. The molecule has 0 saturated carbocycles. The van der Waals surface area contributed by atoms with E-state index in [1.165, 1.54) is 43.3 Å². The largest absolute Gasteiger partial charge is 0.347 e. The van der Waals surface area contributed by atoms with Gasteiger partial charge in [-0.1, -0.05) is 29.8 Å². The third-order valence-electron chi connectivity index (χ3n) is 5.15. The molecule has 1 aromatic carbocycles. The van der Waals surface area contributed by atoms with Crippen LogP contribution in [0.3, 0.4) is 0 Å².